The number of hydrogen-bond donors (Lipinski definition) is 2. The topological polar surface area (TPSA) is 96.4 Å². The lowest BCUT2D eigenvalue weighted by molar-refractivity contribution is -0.141. The first-order chi connectivity index (χ1) is 9.58. The largest absolute Gasteiger partial charge is 0.480 e. The average molecular weight is 276 g/mol. The van der Waals surface area contributed by atoms with Crippen LogP contribution in [0.25, 0.3) is 0 Å². The van der Waals surface area contributed by atoms with Crippen LogP contribution in [0, 0.1) is 5.92 Å². The Morgan fingerprint density at radius 2 is 2.25 bits per heavy atom. The van der Waals surface area contributed by atoms with Gasteiger partial charge < -0.3 is 10.4 Å². The Bertz CT molecular complexity index is 515. The van der Waals surface area contributed by atoms with Crippen LogP contribution in [0.1, 0.15) is 36.0 Å². The Hall–Kier alpha value is -2.24. The molecule has 6 nitrogen and oxygen atoms in total. The molecule has 20 heavy (non-hydrogen) atoms. The number of amides is 1. The van der Waals surface area contributed by atoms with Crippen LogP contribution in [-0.2, 0) is 9.59 Å². The second kappa shape index (κ2) is 6.27. The molecular formula is C14H16N2O4. The van der Waals surface area contributed by atoms with E-state index in [9.17, 15) is 19.5 Å². The molecule has 1 heterocycles. The minimum atomic E-state index is -1.11. The van der Waals surface area contributed by atoms with Gasteiger partial charge in [0.15, 0.2) is 0 Å². The van der Waals surface area contributed by atoms with Crippen molar-refractivity contribution >= 4 is 17.7 Å². The van der Waals surface area contributed by atoms with Crippen molar-refractivity contribution in [2.75, 3.05) is 0 Å². The van der Waals surface area contributed by atoms with E-state index < -0.39 is 17.9 Å². The molecular weight excluding hydrogens is 260 g/mol. The summed E-state index contributed by atoms with van der Waals surface area (Å²) in [5.41, 5.74) is 0.306. The van der Waals surface area contributed by atoms with Crippen molar-refractivity contribution in [2.45, 2.75) is 31.7 Å². The Morgan fingerprint density at radius 3 is 2.85 bits per heavy atom. The molecule has 6 heteroatoms. The number of aliphatic carboxylic acids is 1. The van der Waals surface area contributed by atoms with E-state index in [0.717, 1.165) is 0 Å². The zero-order chi connectivity index (χ0) is 14.5. The first-order valence-electron chi connectivity index (χ1n) is 6.53. The van der Waals surface area contributed by atoms with E-state index >= 15 is 0 Å². The predicted molar refractivity (Wildman–Crippen MR) is 70.1 cm³/mol. The third-order valence-electron chi connectivity index (χ3n) is 3.47. The summed E-state index contributed by atoms with van der Waals surface area (Å²) in [6.45, 7) is 0. The zero-order valence-electron chi connectivity index (χ0n) is 10.9. The molecule has 0 aromatic carbocycles. The Morgan fingerprint density at radius 1 is 1.45 bits per heavy atom. The van der Waals surface area contributed by atoms with E-state index in [4.69, 9.17) is 0 Å². The number of carbonyl (C=O) groups is 3. The molecule has 0 spiro atoms. The van der Waals surface area contributed by atoms with Gasteiger partial charge >= 0.3 is 5.97 Å². The highest BCUT2D eigenvalue weighted by Gasteiger charge is 2.33. The van der Waals surface area contributed by atoms with Crippen molar-refractivity contribution in [1.82, 2.24) is 10.3 Å². The number of aromatic nitrogens is 1. The molecule has 2 N–H and O–H groups in total. The number of Topliss-reactive ketones (excluding diaryl/α,β-unsaturated/α-hetero) is 1. The maximum Gasteiger partial charge on any atom is 0.326 e. The number of hydrogen-bond acceptors (Lipinski definition) is 4. The van der Waals surface area contributed by atoms with Gasteiger partial charge in [-0.2, -0.15) is 0 Å². The van der Waals surface area contributed by atoms with Gasteiger partial charge in [-0.25, -0.2) is 4.79 Å². The van der Waals surface area contributed by atoms with Gasteiger partial charge in [-0.15, -0.1) is 0 Å². The van der Waals surface area contributed by atoms with E-state index in [1.807, 2.05) is 0 Å². The molecule has 2 rings (SSSR count). The van der Waals surface area contributed by atoms with Crippen molar-refractivity contribution in [3.05, 3.63) is 30.1 Å². The van der Waals surface area contributed by atoms with Crippen LogP contribution in [-0.4, -0.2) is 33.8 Å². The quantitative estimate of drug-likeness (QED) is 0.856. The molecule has 0 aliphatic heterocycles. The number of nitrogens with one attached hydrogen (secondary N) is 1. The first kappa shape index (κ1) is 14.2. The van der Waals surface area contributed by atoms with Gasteiger partial charge in [0.1, 0.15) is 11.8 Å². The summed E-state index contributed by atoms with van der Waals surface area (Å²) in [7, 11) is 0. The zero-order valence-corrected chi connectivity index (χ0v) is 10.9. The molecule has 1 aliphatic rings. The molecule has 1 saturated carbocycles. The molecule has 1 fully saturated rings. The highest BCUT2D eigenvalue weighted by molar-refractivity contribution is 5.96. The molecule has 0 saturated heterocycles. The molecule has 0 bridgehead atoms. The van der Waals surface area contributed by atoms with E-state index in [0.29, 0.717) is 24.8 Å². The monoisotopic (exact) mass is 276 g/mol. The minimum Gasteiger partial charge on any atom is -0.480 e. The van der Waals surface area contributed by atoms with Crippen LogP contribution in [0.5, 0.6) is 0 Å². The van der Waals surface area contributed by atoms with Crippen LogP contribution in [0.2, 0.25) is 0 Å². The lowest BCUT2D eigenvalue weighted by Crippen LogP contribution is -2.47. The summed E-state index contributed by atoms with van der Waals surface area (Å²) in [5, 5.41) is 11.8. The number of ketones is 1. The molecule has 1 aromatic rings. The number of pyridine rings is 1. The summed E-state index contributed by atoms with van der Waals surface area (Å²) in [4.78, 5) is 38.6. The van der Waals surface area contributed by atoms with E-state index in [2.05, 4.69) is 10.3 Å². The molecule has 1 amide bonds. The van der Waals surface area contributed by atoms with Crippen LogP contribution in [0.3, 0.4) is 0 Å². The fourth-order valence-corrected chi connectivity index (χ4v) is 2.45. The Labute approximate surface area is 116 Å². The first-order valence-corrected chi connectivity index (χ1v) is 6.53. The number of carbonyl (C=O) groups excluding carboxylic acids is 2. The summed E-state index contributed by atoms with van der Waals surface area (Å²) >= 11 is 0. The maximum atomic E-state index is 12.0. The molecule has 1 aliphatic carbocycles. The van der Waals surface area contributed by atoms with Gasteiger partial charge in [0.05, 0.1) is 5.56 Å². The maximum absolute atomic E-state index is 12.0. The summed E-state index contributed by atoms with van der Waals surface area (Å²) in [5.74, 6) is -1.87. The Balaban J connectivity index is 2.08. The van der Waals surface area contributed by atoms with Gasteiger partial charge in [-0.3, -0.25) is 14.6 Å². The lowest BCUT2D eigenvalue weighted by atomic mass is 9.83. The van der Waals surface area contributed by atoms with Crippen molar-refractivity contribution in [3.8, 4) is 0 Å². The van der Waals surface area contributed by atoms with Crippen LogP contribution in [0.15, 0.2) is 24.5 Å². The minimum absolute atomic E-state index is 0.0585. The lowest BCUT2D eigenvalue weighted by Gasteiger charge is -2.27. The van der Waals surface area contributed by atoms with Gasteiger partial charge in [-0.05, 0) is 30.9 Å². The number of rotatable bonds is 4. The van der Waals surface area contributed by atoms with Crippen LogP contribution >= 0.6 is 0 Å². The van der Waals surface area contributed by atoms with Gasteiger partial charge in [0.25, 0.3) is 5.91 Å². The van der Waals surface area contributed by atoms with Gasteiger partial charge in [0.2, 0.25) is 0 Å². The van der Waals surface area contributed by atoms with Gasteiger partial charge in [-0.1, -0.05) is 0 Å². The third kappa shape index (κ3) is 3.40. The normalized spacial score (nSPS) is 20.2. The summed E-state index contributed by atoms with van der Waals surface area (Å²) < 4.78 is 0. The third-order valence-corrected chi connectivity index (χ3v) is 3.47. The second-order valence-corrected chi connectivity index (χ2v) is 4.93. The molecule has 1 aromatic heterocycles. The summed E-state index contributed by atoms with van der Waals surface area (Å²) in [6.07, 6.45) is 4.93. The average Bonchev–Trinajstić information content (AvgIpc) is 2.45. The molecule has 0 radical (unpaired) electrons. The number of nitrogens with zero attached hydrogens (tertiary/aromatic N) is 1. The predicted octanol–water partition coefficient (Wildman–Crippen LogP) is 1.02. The molecule has 106 valence electrons. The SMILES string of the molecule is O=C1CCC[C@@H]([C@@H](NC(=O)c2cccnc2)C(=O)O)C1. The highest BCUT2D eigenvalue weighted by Crippen LogP contribution is 2.24. The molecule has 0 unspecified atom stereocenters. The van der Waals surface area contributed by atoms with Crippen molar-refractivity contribution in [3.63, 3.8) is 0 Å². The van der Waals surface area contributed by atoms with Crippen molar-refractivity contribution < 1.29 is 19.5 Å². The molecule has 2 atom stereocenters. The highest BCUT2D eigenvalue weighted by atomic mass is 16.4. The fraction of sp³-hybridized carbons (Fsp3) is 0.429. The van der Waals surface area contributed by atoms with E-state index in [1.165, 1.54) is 12.4 Å². The fourth-order valence-electron chi connectivity index (χ4n) is 2.45. The van der Waals surface area contributed by atoms with Crippen molar-refractivity contribution in [1.29, 1.82) is 0 Å². The van der Waals surface area contributed by atoms with E-state index in [1.54, 1.807) is 12.1 Å². The van der Waals surface area contributed by atoms with Crippen LogP contribution in [0.4, 0.5) is 0 Å². The standard InChI is InChI=1S/C14H16N2O4/c17-11-5-1-3-9(7-11)12(14(19)20)16-13(18)10-4-2-6-15-8-10/h2,4,6,8-9,12H,1,3,5,7H2,(H,16,18)(H,19,20)/t9-,12-/m1/s1. The second-order valence-electron chi connectivity index (χ2n) is 4.93. The Kier molecular flexibility index (Phi) is 4.45. The van der Waals surface area contributed by atoms with Crippen LogP contribution < -0.4 is 5.32 Å². The summed E-state index contributed by atoms with van der Waals surface area (Å²) in [6, 6.07) is 2.13. The number of carboxylic acid groups (broad SMARTS) is 1. The van der Waals surface area contributed by atoms with E-state index in [-0.39, 0.29) is 18.1 Å². The smallest absolute Gasteiger partial charge is 0.326 e. The number of carboxylic acids is 1. The van der Waals surface area contributed by atoms with Gasteiger partial charge in [0, 0.05) is 25.2 Å². The van der Waals surface area contributed by atoms with Crippen molar-refractivity contribution in [2.24, 2.45) is 5.92 Å².